The van der Waals surface area contributed by atoms with Gasteiger partial charge in [0.15, 0.2) is 6.61 Å². The minimum absolute atomic E-state index is 0.0694. The summed E-state index contributed by atoms with van der Waals surface area (Å²) in [5.41, 5.74) is 5.44. The summed E-state index contributed by atoms with van der Waals surface area (Å²) in [6.07, 6.45) is 3.46. The molecule has 1 aliphatic heterocycles. The molecule has 2 N–H and O–H groups in total. The van der Waals surface area contributed by atoms with Gasteiger partial charge in [0.25, 0.3) is 21.8 Å². The molecule has 2 amide bonds. The van der Waals surface area contributed by atoms with Crippen molar-refractivity contribution in [3.63, 3.8) is 0 Å². The molecule has 11 heteroatoms. The van der Waals surface area contributed by atoms with Crippen LogP contribution in [0.1, 0.15) is 49.3 Å². The van der Waals surface area contributed by atoms with Crippen LogP contribution in [0.2, 0.25) is 0 Å². The van der Waals surface area contributed by atoms with Gasteiger partial charge in [-0.1, -0.05) is 43.7 Å². The van der Waals surface area contributed by atoms with Gasteiger partial charge in [0.2, 0.25) is 0 Å². The molecule has 3 aromatic carbocycles. The standard InChI is InChI=1S/C32H38N4O6S/c1-23(2)26-10-12-27(13-11-26)36(43(39,40)30-16-6-24(3)7-17-30)21-31(37)35-34-19-25-8-14-28(15-9-25)42-22-32(38)33-20-29-5-4-18-41-29/h6-17,19,23,29H,4-5,18,20-22H2,1-3H3,(H,33,38)(H,35,37)/b34-19-/t29-/m0/s1. The lowest BCUT2D eigenvalue weighted by molar-refractivity contribution is -0.123. The summed E-state index contributed by atoms with van der Waals surface area (Å²) in [6.45, 7) is 6.61. The van der Waals surface area contributed by atoms with E-state index in [4.69, 9.17) is 9.47 Å². The van der Waals surface area contributed by atoms with Crippen LogP contribution in [0.25, 0.3) is 0 Å². The maximum Gasteiger partial charge on any atom is 0.264 e. The first kappa shape index (κ1) is 31.7. The number of carbonyl (C=O) groups is 2. The molecule has 1 atom stereocenters. The van der Waals surface area contributed by atoms with Crippen molar-refractivity contribution in [2.75, 3.05) is 30.6 Å². The number of anilines is 1. The predicted molar refractivity (Wildman–Crippen MR) is 166 cm³/mol. The second kappa shape index (κ2) is 14.8. The molecule has 1 saturated heterocycles. The highest BCUT2D eigenvalue weighted by Crippen LogP contribution is 2.26. The fraction of sp³-hybridized carbons (Fsp3) is 0.344. The molecule has 228 valence electrons. The lowest BCUT2D eigenvalue weighted by Gasteiger charge is -2.24. The Kier molecular flexibility index (Phi) is 10.9. The maximum absolute atomic E-state index is 13.6. The molecule has 1 aliphatic rings. The minimum atomic E-state index is -4.03. The number of hydrogen-bond donors (Lipinski definition) is 2. The summed E-state index contributed by atoms with van der Waals surface area (Å²) in [5.74, 6) is -0.0448. The van der Waals surface area contributed by atoms with Crippen LogP contribution in [0.5, 0.6) is 5.75 Å². The highest BCUT2D eigenvalue weighted by atomic mass is 32.2. The lowest BCUT2D eigenvalue weighted by Crippen LogP contribution is -2.39. The zero-order valence-electron chi connectivity index (χ0n) is 24.7. The molecule has 0 aliphatic carbocycles. The van der Waals surface area contributed by atoms with Gasteiger partial charge in [-0.15, -0.1) is 0 Å². The van der Waals surface area contributed by atoms with Gasteiger partial charge in [-0.3, -0.25) is 13.9 Å². The third-order valence-electron chi connectivity index (χ3n) is 6.95. The summed E-state index contributed by atoms with van der Waals surface area (Å²) in [5, 5.41) is 6.80. The lowest BCUT2D eigenvalue weighted by atomic mass is 10.0. The Bertz CT molecular complexity index is 1500. The fourth-order valence-electron chi connectivity index (χ4n) is 4.41. The van der Waals surface area contributed by atoms with Crippen molar-refractivity contribution >= 4 is 33.7 Å². The van der Waals surface area contributed by atoms with Gasteiger partial charge < -0.3 is 14.8 Å². The van der Waals surface area contributed by atoms with Crippen LogP contribution in [0.3, 0.4) is 0 Å². The molecule has 0 unspecified atom stereocenters. The number of hydrogen-bond acceptors (Lipinski definition) is 7. The molecule has 1 fully saturated rings. The number of ether oxygens (including phenoxy) is 2. The second-order valence-corrected chi connectivity index (χ2v) is 12.5. The molecule has 0 saturated carbocycles. The SMILES string of the molecule is Cc1ccc(S(=O)(=O)N(CC(=O)N/N=C\c2ccc(OCC(=O)NC[C@@H]3CCCO3)cc2)c2ccc(C(C)C)cc2)cc1. The summed E-state index contributed by atoms with van der Waals surface area (Å²) >= 11 is 0. The summed E-state index contributed by atoms with van der Waals surface area (Å²) in [6, 6.07) is 20.4. The van der Waals surface area contributed by atoms with Gasteiger partial charge in [0, 0.05) is 13.2 Å². The van der Waals surface area contributed by atoms with E-state index in [1.54, 1.807) is 48.5 Å². The van der Waals surface area contributed by atoms with Crippen molar-refractivity contribution in [3.05, 3.63) is 89.5 Å². The van der Waals surface area contributed by atoms with E-state index in [-0.39, 0.29) is 29.4 Å². The summed E-state index contributed by atoms with van der Waals surface area (Å²) < 4.78 is 39.3. The van der Waals surface area contributed by atoms with Gasteiger partial charge in [-0.2, -0.15) is 5.10 Å². The van der Waals surface area contributed by atoms with E-state index in [0.29, 0.717) is 23.5 Å². The van der Waals surface area contributed by atoms with Crippen LogP contribution in [0.4, 0.5) is 5.69 Å². The van der Waals surface area contributed by atoms with E-state index in [2.05, 4.69) is 29.7 Å². The van der Waals surface area contributed by atoms with Crippen molar-refractivity contribution < 1.29 is 27.5 Å². The fourth-order valence-corrected chi connectivity index (χ4v) is 5.83. The van der Waals surface area contributed by atoms with Gasteiger partial charge in [0.1, 0.15) is 12.3 Å². The topological polar surface area (TPSA) is 126 Å². The Hall–Kier alpha value is -4.22. The summed E-state index contributed by atoms with van der Waals surface area (Å²) in [7, 11) is -4.03. The number of carbonyl (C=O) groups excluding carboxylic acids is 2. The quantitative estimate of drug-likeness (QED) is 0.223. The van der Waals surface area contributed by atoms with Crippen molar-refractivity contribution in [2.45, 2.75) is 50.5 Å². The van der Waals surface area contributed by atoms with Gasteiger partial charge in [-0.25, -0.2) is 13.8 Å². The first-order valence-corrected chi connectivity index (χ1v) is 15.7. The van der Waals surface area contributed by atoms with Crippen molar-refractivity contribution in [1.29, 1.82) is 0 Å². The zero-order chi connectivity index (χ0) is 30.8. The molecule has 0 radical (unpaired) electrons. The number of benzene rings is 3. The van der Waals surface area contributed by atoms with Gasteiger partial charge in [-0.05, 0) is 85.3 Å². The third kappa shape index (κ3) is 9.13. The van der Waals surface area contributed by atoms with Crippen LogP contribution in [0, 0.1) is 6.92 Å². The predicted octanol–water partition coefficient (Wildman–Crippen LogP) is 4.14. The van der Waals surface area contributed by atoms with Gasteiger partial charge >= 0.3 is 0 Å². The van der Waals surface area contributed by atoms with Crippen LogP contribution in [0.15, 0.2) is 82.8 Å². The normalized spacial score (nSPS) is 15.0. The third-order valence-corrected chi connectivity index (χ3v) is 8.74. The zero-order valence-corrected chi connectivity index (χ0v) is 25.5. The van der Waals surface area contributed by atoms with Crippen LogP contribution >= 0.6 is 0 Å². The Balaban J connectivity index is 1.35. The molecule has 0 spiro atoms. The number of sulfonamides is 1. The first-order chi connectivity index (χ1) is 20.6. The van der Waals surface area contributed by atoms with Crippen LogP contribution < -0.4 is 19.8 Å². The van der Waals surface area contributed by atoms with Crippen molar-refractivity contribution in [2.24, 2.45) is 5.10 Å². The summed E-state index contributed by atoms with van der Waals surface area (Å²) in [4.78, 5) is 25.0. The molecule has 1 heterocycles. The Morgan fingerprint density at radius 3 is 2.35 bits per heavy atom. The molecule has 10 nitrogen and oxygen atoms in total. The second-order valence-electron chi connectivity index (χ2n) is 10.7. The monoisotopic (exact) mass is 606 g/mol. The van der Waals surface area contributed by atoms with Crippen molar-refractivity contribution in [1.82, 2.24) is 10.7 Å². The van der Waals surface area contributed by atoms with Crippen LogP contribution in [-0.2, 0) is 24.3 Å². The Morgan fingerprint density at radius 2 is 1.72 bits per heavy atom. The smallest absolute Gasteiger partial charge is 0.264 e. The van der Waals surface area contributed by atoms with E-state index in [1.807, 2.05) is 19.1 Å². The number of amides is 2. The maximum atomic E-state index is 13.6. The number of aryl methyl sites for hydroxylation is 1. The van der Waals surface area contributed by atoms with E-state index in [0.717, 1.165) is 34.9 Å². The number of rotatable bonds is 13. The van der Waals surface area contributed by atoms with E-state index < -0.39 is 22.5 Å². The first-order valence-electron chi connectivity index (χ1n) is 14.2. The molecule has 0 aromatic heterocycles. The molecule has 4 rings (SSSR count). The van der Waals surface area contributed by atoms with E-state index in [9.17, 15) is 18.0 Å². The number of nitrogens with zero attached hydrogens (tertiary/aromatic N) is 2. The minimum Gasteiger partial charge on any atom is -0.484 e. The molecular formula is C32H38N4O6S. The van der Waals surface area contributed by atoms with Gasteiger partial charge in [0.05, 0.1) is 22.9 Å². The van der Waals surface area contributed by atoms with E-state index in [1.165, 1.54) is 18.3 Å². The highest BCUT2D eigenvalue weighted by Gasteiger charge is 2.27. The Labute approximate surface area is 253 Å². The molecular weight excluding hydrogens is 568 g/mol. The average molecular weight is 607 g/mol. The highest BCUT2D eigenvalue weighted by molar-refractivity contribution is 7.92. The Morgan fingerprint density at radius 1 is 1.02 bits per heavy atom. The van der Waals surface area contributed by atoms with E-state index >= 15 is 0 Å². The average Bonchev–Trinajstić information content (AvgIpc) is 3.52. The molecule has 0 bridgehead atoms. The largest absolute Gasteiger partial charge is 0.484 e. The molecule has 3 aromatic rings. The van der Waals surface area contributed by atoms with Crippen LogP contribution in [-0.4, -0.2) is 58.9 Å². The number of nitrogens with one attached hydrogen (secondary N) is 2. The van der Waals surface area contributed by atoms with Crippen molar-refractivity contribution in [3.8, 4) is 5.75 Å². The number of hydrazone groups is 1. The molecule has 43 heavy (non-hydrogen) atoms.